The average Bonchev–Trinajstić information content (AvgIpc) is 2.43. The molecule has 3 heteroatoms. The maximum Gasteiger partial charge on any atom is 0.122 e. The Morgan fingerprint density at radius 3 is 2.47 bits per heavy atom. The molecule has 0 heterocycles. The molecule has 3 nitrogen and oxygen atoms in total. The lowest BCUT2D eigenvalue weighted by Crippen LogP contribution is -2.24. The molecule has 2 unspecified atom stereocenters. The first kappa shape index (κ1) is 15.5. The predicted molar refractivity (Wildman–Crippen MR) is 78.3 cm³/mol. The zero-order valence-electron chi connectivity index (χ0n) is 12.5. The van der Waals surface area contributed by atoms with Crippen LogP contribution in [0.3, 0.4) is 0 Å². The third-order valence-corrected chi connectivity index (χ3v) is 3.55. The first-order valence-electron chi connectivity index (χ1n) is 6.83. The number of methoxy groups -OCH3 is 1. The molecule has 0 aliphatic rings. The van der Waals surface area contributed by atoms with Crippen molar-refractivity contribution < 1.29 is 4.74 Å². The van der Waals surface area contributed by atoms with Gasteiger partial charge < -0.3 is 10.1 Å². The van der Waals surface area contributed by atoms with Gasteiger partial charge in [0.15, 0.2) is 0 Å². The molecule has 1 rings (SSSR count). The number of hydrogen-bond acceptors (Lipinski definition) is 3. The van der Waals surface area contributed by atoms with Crippen molar-refractivity contribution >= 4 is 0 Å². The molecule has 0 saturated carbocycles. The second-order valence-electron chi connectivity index (χ2n) is 5.07. The third-order valence-electron chi connectivity index (χ3n) is 3.55. The van der Waals surface area contributed by atoms with Crippen LogP contribution in [0.2, 0.25) is 0 Å². The van der Waals surface area contributed by atoms with Crippen molar-refractivity contribution in [2.24, 2.45) is 5.92 Å². The summed E-state index contributed by atoms with van der Waals surface area (Å²) in [7, 11) is 3.60. The Labute approximate surface area is 116 Å². The van der Waals surface area contributed by atoms with Crippen LogP contribution in [-0.2, 0) is 0 Å². The molecule has 1 aromatic rings. The van der Waals surface area contributed by atoms with Gasteiger partial charge in [0.1, 0.15) is 5.75 Å². The first-order chi connectivity index (χ1) is 9.08. The van der Waals surface area contributed by atoms with Gasteiger partial charge in [-0.25, -0.2) is 0 Å². The van der Waals surface area contributed by atoms with Crippen molar-refractivity contribution in [2.45, 2.75) is 39.2 Å². The predicted octanol–water partition coefficient (Wildman–Crippen LogP) is 3.63. The van der Waals surface area contributed by atoms with Crippen LogP contribution in [0.5, 0.6) is 5.75 Å². The van der Waals surface area contributed by atoms with Crippen LogP contribution in [0.1, 0.15) is 50.3 Å². The quantitative estimate of drug-likeness (QED) is 0.849. The number of benzene rings is 1. The van der Waals surface area contributed by atoms with Gasteiger partial charge in [-0.3, -0.25) is 0 Å². The van der Waals surface area contributed by atoms with Crippen LogP contribution < -0.4 is 10.1 Å². The molecule has 0 aliphatic heterocycles. The summed E-state index contributed by atoms with van der Waals surface area (Å²) in [5.41, 5.74) is 2.34. The van der Waals surface area contributed by atoms with E-state index in [0.717, 1.165) is 17.7 Å². The Balaban J connectivity index is 3.19. The van der Waals surface area contributed by atoms with E-state index in [4.69, 9.17) is 4.74 Å². The monoisotopic (exact) mass is 260 g/mol. The van der Waals surface area contributed by atoms with Gasteiger partial charge in [0.25, 0.3) is 0 Å². The van der Waals surface area contributed by atoms with Crippen LogP contribution in [0.4, 0.5) is 0 Å². The summed E-state index contributed by atoms with van der Waals surface area (Å²) in [6.45, 7) is 6.35. The van der Waals surface area contributed by atoms with E-state index in [1.54, 1.807) is 7.11 Å². The van der Waals surface area contributed by atoms with E-state index >= 15 is 0 Å². The van der Waals surface area contributed by atoms with Crippen LogP contribution in [0.15, 0.2) is 18.2 Å². The molecule has 2 atom stereocenters. The molecular formula is C16H24N2O. The standard InChI is InChI=1S/C16H24N2O/c1-6-12(10-17)16(18-4)13-7-8-15(19-5)14(9-13)11(2)3/h7-9,11-12,16,18H,6H2,1-5H3. The molecular weight excluding hydrogens is 236 g/mol. The largest absolute Gasteiger partial charge is 0.496 e. The van der Waals surface area contributed by atoms with E-state index in [1.807, 2.05) is 26.1 Å². The second kappa shape index (κ2) is 7.16. The summed E-state index contributed by atoms with van der Waals surface area (Å²) in [4.78, 5) is 0. The lowest BCUT2D eigenvalue weighted by molar-refractivity contribution is 0.405. The molecule has 0 amide bonds. The molecule has 19 heavy (non-hydrogen) atoms. The lowest BCUT2D eigenvalue weighted by Gasteiger charge is -2.23. The highest BCUT2D eigenvalue weighted by Gasteiger charge is 2.21. The summed E-state index contributed by atoms with van der Waals surface area (Å²) in [6.07, 6.45) is 0.838. The highest BCUT2D eigenvalue weighted by atomic mass is 16.5. The maximum atomic E-state index is 9.25. The van der Waals surface area contributed by atoms with E-state index in [0.29, 0.717) is 5.92 Å². The molecule has 0 radical (unpaired) electrons. The van der Waals surface area contributed by atoms with Gasteiger partial charge in [0.2, 0.25) is 0 Å². The molecule has 1 N–H and O–H groups in total. The van der Waals surface area contributed by atoms with Crippen molar-refractivity contribution in [1.82, 2.24) is 5.32 Å². The number of nitrogens with one attached hydrogen (secondary N) is 1. The molecule has 0 aliphatic carbocycles. The maximum absolute atomic E-state index is 9.25. The van der Waals surface area contributed by atoms with Crippen LogP contribution in [-0.4, -0.2) is 14.2 Å². The van der Waals surface area contributed by atoms with Crippen molar-refractivity contribution in [3.8, 4) is 11.8 Å². The van der Waals surface area contributed by atoms with Crippen LogP contribution >= 0.6 is 0 Å². The van der Waals surface area contributed by atoms with Gasteiger partial charge >= 0.3 is 0 Å². The minimum absolute atomic E-state index is 0.0154. The van der Waals surface area contributed by atoms with Crippen LogP contribution in [0, 0.1) is 17.2 Å². The van der Waals surface area contributed by atoms with Crippen molar-refractivity contribution in [3.63, 3.8) is 0 Å². The molecule has 0 aromatic heterocycles. The Morgan fingerprint density at radius 1 is 1.37 bits per heavy atom. The van der Waals surface area contributed by atoms with Crippen molar-refractivity contribution in [1.29, 1.82) is 5.26 Å². The minimum Gasteiger partial charge on any atom is -0.496 e. The summed E-state index contributed by atoms with van der Waals surface area (Å²) >= 11 is 0. The van der Waals surface area contributed by atoms with Gasteiger partial charge in [-0.15, -0.1) is 0 Å². The highest BCUT2D eigenvalue weighted by Crippen LogP contribution is 2.32. The average molecular weight is 260 g/mol. The topological polar surface area (TPSA) is 45.0 Å². The number of ether oxygens (including phenoxy) is 1. The van der Waals surface area contributed by atoms with Gasteiger partial charge in [0, 0.05) is 6.04 Å². The van der Waals surface area contributed by atoms with E-state index in [2.05, 4.69) is 31.3 Å². The summed E-state index contributed by atoms with van der Waals surface area (Å²) < 4.78 is 5.40. The fourth-order valence-electron chi connectivity index (χ4n) is 2.40. The Bertz CT molecular complexity index is 449. The number of hydrogen-bond donors (Lipinski definition) is 1. The third kappa shape index (κ3) is 3.48. The zero-order chi connectivity index (χ0) is 14.4. The van der Waals surface area contributed by atoms with E-state index in [1.165, 1.54) is 5.56 Å². The minimum atomic E-state index is -0.0154. The second-order valence-corrected chi connectivity index (χ2v) is 5.07. The van der Waals surface area contributed by atoms with Crippen molar-refractivity contribution in [3.05, 3.63) is 29.3 Å². The number of nitriles is 1. The summed E-state index contributed by atoms with van der Waals surface area (Å²) in [5, 5.41) is 12.5. The Hall–Kier alpha value is -1.53. The first-order valence-corrected chi connectivity index (χ1v) is 6.83. The molecule has 104 valence electrons. The summed E-state index contributed by atoms with van der Waals surface area (Å²) in [5.74, 6) is 1.30. The molecule has 1 aromatic carbocycles. The zero-order valence-corrected chi connectivity index (χ0v) is 12.5. The van der Waals surface area contributed by atoms with Crippen molar-refractivity contribution in [2.75, 3.05) is 14.2 Å². The molecule has 0 fully saturated rings. The summed E-state index contributed by atoms with van der Waals surface area (Å²) in [6, 6.07) is 8.66. The van der Waals surface area contributed by atoms with E-state index in [-0.39, 0.29) is 12.0 Å². The Kier molecular flexibility index (Phi) is 5.85. The normalized spacial score (nSPS) is 13.9. The van der Waals surface area contributed by atoms with E-state index in [9.17, 15) is 5.26 Å². The van der Waals surface area contributed by atoms with Gasteiger partial charge in [0.05, 0.1) is 19.1 Å². The highest BCUT2D eigenvalue weighted by molar-refractivity contribution is 5.40. The van der Waals surface area contributed by atoms with E-state index < -0.39 is 0 Å². The number of rotatable bonds is 6. The van der Waals surface area contributed by atoms with Gasteiger partial charge in [-0.1, -0.05) is 32.9 Å². The van der Waals surface area contributed by atoms with Crippen LogP contribution in [0.25, 0.3) is 0 Å². The molecule has 0 spiro atoms. The fraction of sp³-hybridized carbons (Fsp3) is 0.562. The number of nitrogens with zero attached hydrogens (tertiary/aromatic N) is 1. The van der Waals surface area contributed by atoms with Gasteiger partial charge in [-0.2, -0.15) is 5.26 Å². The lowest BCUT2D eigenvalue weighted by atomic mass is 9.89. The molecule has 0 saturated heterocycles. The van der Waals surface area contributed by atoms with Gasteiger partial charge in [-0.05, 0) is 36.6 Å². The SMILES string of the molecule is CCC(C#N)C(NC)c1ccc(OC)c(C(C)C)c1. The smallest absolute Gasteiger partial charge is 0.122 e. The molecule has 0 bridgehead atoms. The Morgan fingerprint density at radius 2 is 2.05 bits per heavy atom. The fourth-order valence-corrected chi connectivity index (χ4v) is 2.40.